The molecule has 0 aromatic heterocycles. The molecule has 0 saturated carbocycles. The Bertz CT molecular complexity index is 1110. The Kier molecular flexibility index (Phi) is 6.23. The highest BCUT2D eigenvalue weighted by molar-refractivity contribution is 5.95. The van der Waals surface area contributed by atoms with E-state index in [2.05, 4.69) is 10.5 Å². The van der Waals surface area contributed by atoms with Crippen molar-refractivity contribution in [2.24, 2.45) is 5.10 Å². The molecule has 0 unspecified atom stereocenters. The summed E-state index contributed by atoms with van der Waals surface area (Å²) in [5, 5.41) is 14.4. The molecule has 3 rings (SSSR count). The Hall–Kier alpha value is -4.40. The van der Waals surface area contributed by atoms with Gasteiger partial charge in [-0.1, -0.05) is 12.1 Å². The van der Waals surface area contributed by atoms with Crippen LogP contribution in [0, 0.1) is 15.9 Å². The van der Waals surface area contributed by atoms with Crippen molar-refractivity contribution in [3.63, 3.8) is 0 Å². The van der Waals surface area contributed by atoms with Gasteiger partial charge in [0.05, 0.1) is 16.7 Å². The fourth-order valence-corrected chi connectivity index (χ4v) is 2.38. The van der Waals surface area contributed by atoms with Crippen LogP contribution in [-0.4, -0.2) is 23.0 Å². The quantitative estimate of drug-likeness (QED) is 0.220. The van der Waals surface area contributed by atoms with Crippen molar-refractivity contribution in [3.8, 4) is 5.75 Å². The number of ether oxygens (including phenoxy) is 1. The lowest BCUT2D eigenvalue weighted by Gasteiger charge is -2.05. The third-order valence-electron chi connectivity index (χ3n) is 3.90. The first-order valence-corrected chi connectivity index (χ1v) is 8.58. The summed E-state index contributed by atoms with van der Waals surface area (Å²) in [4.78, 5) is 34.0. The number of nitro groups is 1. The maximum atomic E-state index is 13.6. The van der Waals surface area contributed by atoms with E-state index in [1.807, 2.05) is 0 Å². The number of nitrogens with one attached hydrogen (secondary N) is 1. The van der Waals surface area contributed by atoms with Gasteiger partial charge in [-0.2, -0.15) is 5.10 Å². The number of nitro benzene ring substituents is 1. The van der Waals surface area contributed by atoms with Gasteiger partial charge in [-0.25, -0.2) is 14.6 Å². The van der Waals surface area contributed by atoms with E-state index in [9.17, 15) is 24.1 Å². The van der Waals surface area contributed by atoms with E-state index >= 15 is 0 Å². The Morgan fingerprint density at radius 3 is 2.30 bits per heavy atom. The van der Waals surface area contributed by atoms with E-state index < -0.39 is 22.6 Å². The number of non-ortho nitro benzene ring substituents is 1. The number of halogens is 1. The molecule has 1 N–H and O–H groups in total. The van der Waals surface area contributed by atoms with Crippen molar-refractivity contribution in [3.05, 3.63) is 105 Å². The van der Waals surface area contributed by atoms with Crippen molar-refractivity contribution in [2.45, 2.75) is 0 Å². The van der Waals surface area contributed by atoms with Crippen molar-refractivity contribution in [2.75, 3.05) is 0 Å². The third-order valence-corrected chi connectivity index (χ3v) is 3.90. The molecule has 8 nitrogen and oxygen atoms in total. The van der Waals surface area contributed by atoms with Gasteiger partial charge in [-0.05, 0) is 54.1 Å². The molecular weight excluding hydrogens is 393 g/mol. The minimum atomic E-state index is -0.815. The lowest BCUT2D eigenvalue weighted by Crippen LogP contribution is -2.17. The summed E-state index contributed by atoms with van der Waals surface area (Å²) in [5.41, 5.74) is 2.83. The fourth-order valence-electron chi connectivity index (χ4n) is 2.38. The lowest BCUT2D eigenvalue weighted by atomic mass is 10.2. The van der Waals surface area contributed by atoms with Gasteiger partial charge in [-0.3, -0.25) is 14.9 Å². The second-order valence-electron chi connectivity index (χ2n) is 5.94. The Morgan fingerprint density at radius 1 is 1.00 bits per heavy atom. The molecule has 3 aromatic carbocycles. The van der Waals surface area contributed by atoms with Gasteiger partial charge in [-0.15, -0.1) is 0 Å². The van der Waals surface area contributed by atoms with Gasteiger partial charge >= 0.3 is 5.97 Å². The summed E-state index contributed by atoms with van der Waals surface area (Å²) in [6, 6.07) is 16.8. The second-order valence-corrected chi connectivity index (χ2v) is 5.94. The predicted molar refractivity (Wildman–Crippen MR) is 106 cm³/mol. The van der Waals surface area contributed by atoms with Crippen LogP contribution in [0.5, 0.6) is 5.75 Å². The van der Waals surface area contributed by atoms with Crippen molar-refractivity contribution in [1.82, 2.24) is 5.43 Å². The molecule has 0 aliphatic carbocycles. The molecule has 0 aliphatic heterocycles. The van der Waals surface area contributed by atoms with Crippen molar-refractivity contribution in [1.29, 1.82) is 0 Å². The van der Waals surface area contributed by atoms with Crippen molar-refractivity contribution >= 4 is 23.8 Å². The molecule has 1 amide bonds. The first-order chi connectivity index (χ1) is 14.4. The van der Waals surface area contributed by atoms with E-state index in [-0.39, 0.29) is 22.6 Å². The number of nitrogens with zero attached hydrogens (tertiary/aromatic N) is 2. The topological polar surface area (TPSA) is 111 Å². The summed E-state index contributed by atoms with van der Waals surface area (Å²) >= 11 is 0. The minimum Gasteiger partial charge on any atom is -0.423 e. The number of amides is 1. The maximum Gasteiger partial charge on any atom is 0.346 e. The molecule has 0 bridgehead atoms. The monoisotopic (exact) mass is 407 g/mol. The zero-order valence-corrected chi connectivity index (χ0v) is 15.3. The summed E-state index contributed by atoms with van der Waals surface area (Å²) < 4.78 is 18.7. The lowest BCUT2D eigenvalue weighted by molar-refractivity contribution is -0.384. The molecule has 0 saturated heterocycles. The van der Waals surface area contributed by atoms with Crippen LogP contribution < -0.4 is 10.2 Å². The largest absolute Gasteiger partial charge is 0.423 e. The fraction of sp³-hybridized carbons (Fsp3) is 0. The highest BCUT2D eigenvalue weighted by atomic mass is 19.1. The Balaban J connectivity index is 1.56. The van der Waals surface area contributed by atoms with Crippen LogP contribution in [0.15, 0.2) is 77.9 Å². The molecule has 0 fully saturated rings. The Labute approximate surface area is 169 Å². The predicted octanol–water partition coefficient (Wildman–Crippen LogP) is 3.72. The van der Waals surface area contributed by atoms with E-state index in [1.165, 1.54) is 66.9 Å². The molecule has 0 spiro atoms. The number of rotatable bonds is 6. The van der Waals surface area contributed by atoms with Gasteiger partial charge in [0.1, 0.15) is 11.6 Å². The molecule has 0 atom stereocenters. The average molecular weight is 407 g/mol. The minimum absolute atomic E-state index is 0.120. The van der Waals surface area contributed by atoms with Gasteiger partial charge in [0.25, 0.3) is 11.6 Å². The number of hydrogen-bond acceptors (Lipinski definition) is 6. The van der Waals surface area contributed by atoms with Crippen LogP contribution in [-0.2, 0) is 0 Å². The van der Waals surface area contributed by atoms with Crippen LogP contribution >= 0.6 is 0 Å². The van der Waals surface area contributed by atoms with Crippen LogP contribution in [0.1, 0.15) is 26.3 Å². The van der Waals surface area contributed by atoms with E-state index in [0.717, 1.165) is 0 Å². The molecule has 0 aliphatic rings. The summed E-state index contributed by atoms with van der Waals surface area (Å²) in [5.74, 6) is -1.80. The number of carbonyl (C=O) groups is 2. The number of hydrogen-bond donors (Lipinski definition) is 1. The number of hydrazone groups is 1. The third kappa shape index (κ3) is 5.10. The van der Waals surface area contributed by atoms with Crippen LogP contribution in [0.4, 0.5) is 10.1 Å². The van der Waals surface area contributed by atoms with E-state index in [1.54, 1.807) is 12.1 Å². The highest BCUT2D eigenvalue weighted by Crippen LogP contribution is 2.15. The van der Waals surface area contributed by atoms with Crippen molar-refractivity contribution < 1.29 is 23.6 Å². The normalized spacial score (nSPS) is 10.6. The van der Waals surface area contributed by atoms with Gasteiger partial charge < -0.3 is 4.74 Å². The van der Waals surface area contributed by atoms with Crippen LogP contribution in [0.25, 0.3) is 0 Å². The summed E-state index contributed by atoms with van der Waals surface area (Å²) in [7, 11) is 0. The number of benzene rings is 3. The average Bonchev–Trinajstić information content (AvgIpc) is 2.75. The summed E-state index contributed by atoms with van der Waals surface area (Å²) in [6.07, 6.45) is 1.37. The molecule has 0 radical (unpaired) electrons. The molecule has 0 heterocycles. The number of carbonyl (C=O) groups excluding carboxylic acids is 2. The summed E-state index contributed by atoms with van der Waals surface area (Å²) in [6.45, 7) is 0. The molecular formula is C21H14FN3O5. The molecule has 30 heavy (non-hydrogen) atoms. The van der Waals surface area contributed by atoms with Gasteiger partial charge in [0.2, 0.25) is 0 Å². The first-order valence-electron chi connectivity index (χ1n) is 8.58. The zero-order valence-electron chi connectivity index (χ0n) is 15.3. The second kappa shape index (κ2) is 9.20. The number of esters is 1. The smallest absolute Gasteiger partial charge is 0.346 e. The molecule has 150 valence electrons. The molecule has 3 aromatic rings. The standard InChI is InChI=1S/C21H14FN3O5/c22-19-4-2-1-3-18(19)21(27)30-17-11-5-14(6-12-17)13-23-24-20(26)15-7-9-16(10-8-15)25(28)29/h1-13H,(H,24,26). The Morgan fingerprint density at radius 2 is 1.67 bits per heavy atom. The first kappa shape index (κ1) is 20.3. The molecule has 9 heteroatoms. The zero-order chi connectivity index (χ0) is 21.5. The van der Waals surface area contributed by atoms with Crippen LogP contribution in [0.2, 0.25) is 0 Å². The van der Waals surface area contributed by atoms with Gasteiger partial charge in [0, 0.05) is 17.7 Å². The highest BCUT2D eigenvalue weighted by Gasteiger charge is 2.13. The maximum absolute atomic E-state index is 13.6. The van der Waals surface area contributed by atoms with Crippen LogP contribution in [0.3, 0.4) is 0 Å². The van der Waals surface area contributed by atoms with Gasteiger partial charge in [0.15, 0.2) is 0 Å². The SMILES string of the molecule is O=C(NN=Cc1ccc(OC(=O)c2ccccc2F)cc1)c1ccc([N+](=O)[O-])cc1. The van der Waals surface area contributed by atoms with E-state index in [0.29, 0.717) is 5.56 Å². The van der Waals surface area contributed by atoms with E-state index in [4.69, 9.17) is 4.74 Å².